The van der Waals surface area contributed by atoms with Crippen LogP contribution in [0.4, 0.5) is 13.2 Å². The molecule has 1 nitrogen and oxygen atoms in total. The van der Waals surface area contributed by atoms with Crippen molar-refractivity contribution in [3.8, 4) is 0 Å². The topological polar surface area (TPSA) is 9.23 Å². The highest BCUT2D eigenvalue weighted by atomic mass is 19.2. The van der Waals surface area contributed by atoms with Crippen molar-refractivity contribution in [3.05, 3.63) is 41.2 Å². The molecule has 154 valence electrons. The second kappa shape index (κ2) is 8.61. The molecule has 4 rings (SSSR count). The largest absolute Gasteiger partial charge is 0.378 e. The number of hydrogen-bond acceptors (Lipinski definition) is 1. The van der Waals surface area contributed by atoms with E-state index in [0.29, 0.717) is 23.5 Å². The van der Waals surface area contributed by atoms with Crippen LogP contribution in [0, 0.1) is 41.1 Å². The fourth-order valence-corrected chi connectivity index (χ4v) is 5.55. The summed E-state index contributed by atoms with van der Waals surface area (Å²) in [5.41, 5.74) is 1.44. The van der Waals surface area contributed by atoms with Crippen molar-refractivity contribution < 1.29 is 17.9 Å². The summed E-state index contributed by atoms with van der Waals surface area (Å²) < 4.78 is 46.3. The molecule has 1 saturated carbocycles. The van der Waals surface area contributed by atoms with Gasteiger partial charge in [0.25, 0.3) is 0 Å². The summed E-state index contributed by atoms with van der Waals surface area (Å²) in [4.78, 5) is 0. The van der Waals surface area contributed by atoms with Gasteiger partial charge in [-0.2, -0.15) is 0 Å². The molecular formula is C24H31F3O. The van der Waals surface area contributed by atoms with Crippen LogP contribution in [-0.4, -0.2) is 12.7 Å². The van der Waals surface area contributed by atoms with E-state index in [9.17, 15) is 13.2 Å². The molecule has 1 saturated heterocycles. The molecule has 2 fully saturated rings. The number of allylic oxidation sites excluding steroid dienone is 2. The molecule has 3 aliphatic rings. The third-order valence-electron chi connectivity index (χ3n) is 7.35. The third-order valence-corrected chi connectivity index (χ3v) is 7.35. The molecule has 0 bridgehead atoms. The zero-order valence-corrected chi connectivity index (χ0v) is 16.7. The van der Waals surface area contributed by atoms with Gasteiger partial charge in [0, 0.05) is 6.61 Å². The van der Waals surface area contributed by atoms with Crippen LogP contribution in [0.25, 0.3) is 5.57 Å². The van der Waals surface area contributed by atoms with Crippen molar-refractivity contribution in [2.75, 3.05) is 6.61 Å². The highest BCUT2D eigenvalue weighted by Gasteiger charge is 2.33. The summed E-state index contributed by atoms with van der Waals surface area (Å²) in [6.07, 6.45) is 13.0. The van der Waals surface area contributed by atoms with E-state index in [0.717, 1.165) is 55.4 Å². The predicted molar refractivity (Wildman–Crippen MR) is 105 cm³/mol. The zero-order valence-electron chi connectivity index (χ0n) is 16.7. The summed E-state index contributed by atoms with van der Waals surface area (Å²) in [6, 6.07) is 2.25. The highest BCUT2D eigenvalue weighted by molar-refractivity contribution is 5.66. The summed E-state index contributed by atoms with van der Waals surface area (Å²) in [5.74, 6) is -0.745. The lowest BCUT2D eigenvalue weighted by molar-refractivity contribution is -0.0563. The SMILES string of the molecule is CC1CCC(C2CCC(C3CC=C(c4cc(F)c(F)c(F)c4)CC3)CC2)OC1. The molecule has 1 aromatic rings. The van der Waals surface area contributed by atoms with Crippen molar-refractivity contribution in [1.82, 2.24) is 0 Å². The Morgan fingerprint density at radius 2 is 1.50 bits per heavy atom. The van der Waals surface area contributed by atoms with E-state index in [-0.39, 0.29) is 0 Å². The van der Waals surface area contributed by atoms with Gasteiger partial charge in [0.05, 0.1) is 6.10 Å². The van der Waals surface area contributed by atoms with Gasteiger partial charge in [-0.25, -0.2) is 13.2 Å². The molecule has 3 unspecified atom stereocenters. The zero-order chi connectivity index (χ0) is 19.7. The van der Waals surface area contributed by atoms with E-state index in [1.54, 1.807) is 0 Å². The fraction of sp³-hybridized carbons (Fsp3) is 0.667. The molecule has 28 heavy (non-hydrogen) atoms. The molecular weight excluding hydrogens is 361 g/mol. The number of halogens is 3. The van der Waals surface area contributed by atoms with Crippen LogP contribution in [0.1, 0.15) is 70.3 Å². The molecule has 1 heterocycles. The Morgan fingerprint density at radius 3 is 2.07 bits per heavy atom. The summed E-state index contributed by atoms with van der Waals surface area (Å²) >= 11 is 0. The average Bonchev–Trinajstić information content (AvgIpc) is 2.72. The van der Waals surface area contributed by atoms with Gasteiger partial charge in [-0.15, -0.1) is 0 Å². The van der Waals surface area contributed by atoms with Crippen molar-refractivity contribution in [2.45, 2.75) is 70.8 Å². The summed E-state index contributed by atoms with van der Waals surface area (Å²) in [7, 11) is 0. The molecule has 0 N–H and O–H groups in total. The van der Waals surface area contributed by atoms with Crippen molar-refractivity contribution >= 4 is 5.57 Å². The molecule has 0 amide bonds. The quantitative estimate of drug-likeness (QED) is 0.508. The molecule has 0 spiro atoms. The van der Waals surface area contributed by atoms with Crippen LogP contribution in [-0.2, 0) is 4.74 Å². The van der Waals surface area contributed by atoms with E-state index in [1.807, 2.05) is 0 Å². The fourth-order valence-electron chi connectivity index (χ4n) is 5.55. The van der Waals surface area contributed by atoms with E-state index in [2.05, 4.69) is 13.0 Å². The first-order valence-electron chi connectivity index (χ1n) is 11.0. The Labute approximate surface area is 166 Å². The molecule has 4 heteroatoms. The normalized spacial score (nSPS) is 34.1. The predicted octanol–water partition coefficient (Wildman–Crippen LogP) is 6.91. The molecule has 0 radical (unpaired) electrons. The van der Waals surface area contributed by atoms with Gasteiger partial charge >= 0.3 is 0 Å². The van der Waals surface area contributed by atoms with Gasteiger partial charge in [-0.05, 0) is 105 Å². The van der Waals surface area contributed by atoms with E-state index in [1.165, 1.54) is 38.5 Å². The van der Waals surface area contributed by atoms with Gasteiger partial charge in [0.2, 0.25) is 0 Å². The van der Waals surface area contributed by atoms with Crippen molar-refractivity contribution in [2.24, 2.45) is 23.7 Å². The number of ether oxygens (including phenoxy) is 1. The minimum Gasteiger partial charge on any atom is -0.378 e. The summed E-state index contributed by atoms with van der Waals surface area (Å²) in [6.45, 7) is 3.19. The van der Waals surface area contributed by atoms with Crippen LogP contribution in [0.5, 0.6) is 0 Å². The van der Waals surface area contributed by atoms with Crippen LogP contribution in [0.15, 0.2) is 18.2 Å². The second-order valence-electron chi connectivity index (χ2n) is 9.25. The maximum Gasteiger partial charge on any atom is 0.194 e. The lowest BCUT2D eigenvalue weighted by Gasteiger charge is -2.40. The number of hydrogen-bond donors (Lipinski definition) is 0. The first-order chi connectivity index (χ1) is 13.5. The minimum absolute atomic E-state index is 0.471. The molecule has 2 aliphatic carbocycles. The van der Waals surface area contributed by atoms with E-state index >= 15 is 0 Å². The minimum atomic E-state index is -1.38. The number of benzene rings is 1. The van der Waals surface area contributed by atoms with Crippen LogP contribution in [0.3, 0.4) is 0 Å². The van der Waals surface area contributed by atoms with Crippen LogP contribution < -0.4 is 0 Å². The maximum atomic E-state index is 13.5. The Bertz CT molecular complexity index is 690. The van der Waals surface area contributed by atoms with Gasteiger partial charge in [0.15, 0.2) is 17.5 Å². The van der Waals surface area contributed by atoms with Crippen LogP contribution >= 0.6 is 0 Å². The Balaban J connectivity index is 1.31. The lowest BCUT2D eigenvalue weighted by atomic mass is 9.69. The van der Waals surface area contributed by atoms with E-state index in [4.69, 9.17) is 4.74 Å². The first-order valence-corrected chi connectivity index (χ1v) is 11.0. The first kappa shape index (κ1) is 20.0. The average molecular weight is 393 g/mol. The molecule has 3 atom stereocenters. The lowest BCUT2D eigenvalue weighted by Crippen LogP contribution is -2.34. The van der Waals surface area contributed by atoms with Crippen molar-refractivity contribution in [1.29, 1.82) is 0 Å². The highest BCUT2D eigenvalue weighted by Crippen LogP contribution is 2.43. The maximum absolute atomic E-state index is 13.5. The second-order valence-corrected chi connectivity index (χ2v) is 9.25. The third kappa shape index (κ3) is 4.32. The Kier molecular flexibility index (Phi) is 6.15. The Morgan fingerprint density at radius 1 is 0.821 bits per heavy atom. The van der Waals surface area contributed by atoms with E-state index < -0.39 is 17.5 Å². The molecule has 1 aliphatic heterocycles. The summed E-state index contributed by atoms with van der Waals surface area (Å²) in [5, 5.41) is 0. The molecule has 1 aromatic carbocycles. The van der Waals surface area contributed by atoms with Gasteiger partial charge in [-0.1, -0.05) is 13.0 Å². The standard InChI is InChI=1S/C24H31F3O/c1-15-2-11-23(28-14-15)19-9-7-17(8-10-19)16-3-5-18(6-4-16)20-12-21(25)24(27)22(26)13-20/h5,12-13,15-17,19,23H,2-4,6-11,14H2,1H3. The Hall–Kier alpha value is -1.29. The van der Waals surface area contributed by atoms with Gasteiger partial charge < -0.3 is 4.74 Å². The van der Waals surface area contributed by atoms with Gasteiger partial charge in [-0.3, -0.25) is 0 Å². The smallest absolute Gasteiger partial charge is 0.194 e. The number of rotatable bonds is 3. The van der Waals surface area contributed by atoms with Crippen LogP contribution in [0.2, 0.25) is 0 Å². The molecule has 0 aromatic heterocycles. The van der Waals surface area contributed by atoms with Gasteiger partial charge in [0.1, 0.15) is 0 Å². The monoisotopic (exact) mass is 392 g/mol. The van der Waals surface area contributed by atoms with Crippen molar-refractivity contribution in [3.63, 3.8) is 0 Å².